The first-order valence-corrected chi connectivity index (χ1v) is 8.69. The summed E-state index contributed by atoms with van der Waals surface area (Å²) in [5, 5.41) is 9.84. The Bertz CT molecular complexity index is 657. The predicted octanol–water partition coefficient (Wildman–Crippen LogP) is 3.89. The molecule has 3 nitrogen and oxygen atoms in total. The van der Waals surface area contributed by atoms with Crippen molar-refractivity contribution < 1.29 is 9.90 Å². The van der Waals surface area contributed by atoms with Crippen LogP contribution in [0.2, 0.25) is 0 Å². The fourth-order valence-corrected chi connectivity index (χ4v) is 3.50. The number of amides is 1. The molecule has 1 heterocycles. The van der Waals surface area contributed by atoms with Crippen LogP contribution >= 0.6 is 15.9 Å². The largest absolute Gasteiger partial charge is 0.394 e. The van der Waals surface area contributed by atoms with Gasteiger partial charge in [0.25, 0.3) is 0 Å². The van der Waals surface area contributed by atoms with E-state index in [9.17, 15) is 9.90 Å². The SMILES string of the molecule is O=C1CCC(c2ccc(Br)cc2)CN1[C@H](CO)c1ccccc1. The van der Waals surface area contributed by atoms with E-state index in [1.165, 1.54) is 5.56 Å². The third-order valence-electron chi connectivity index (χ3n) is 4.52. The van der Waals surface area contributed by atoms with E-state index in [0.717, 1.165) is 16.5 Å². The van der Waals surface area contributed by atoms with E-state index in [2.05, 4.69) is 28.1 Å². The number of aliphatic hydroxyl groups is 1. The highest BCUT2D eigenvalue weighted by Gasteiger charge is 2.32. The molecule has 1 N–H and O–H groups in total. The number of carbonyl (C=O) groups excluding carboxylic acids is 1. The molecular weight excluding hydrogens is 354 g/mol. The highest BCUT2D eigenvalue weighted by Crippen LogP contribution is 2.33. The number of nitrogens with zero attached hydrogens (tertiary/aromatic N) is 1. The fraction of sp³-hybridized carbons (Fsp3) is 0.316. The van der Waals surface area contributed by atoms with Gasteiger partial charge in [0, 0.05) is 23.4 Å². The lowest BCUT2D eigenvalue weighted by Gasteiger charge is -2.38. The van der Waals surface area contributed by atoms with Crippen molar-refractivity contribution in [3.8, 4) is 0 Å². The van der Waals surface area contributed by atoms with Gasteiger partial charge in [-0.2, -0.15) is 0 Å². The van der Waals surface area contributed by atoms with Crippen molar-refractivity contribution in [2.45, 2.75) is 24.8 Å². The second kappa shape index (κ2) is 7.28. The maximum atomic E-state index is 12.4. The van der Waals surface area contributed by atoms with E-state index < -0.39 is 0 Å². The monoisotopic (exact) mass is 373 g/mol. The Balaban J connectivity index is 1.82. The maximum absolute atomic E-state index is 12.4. The fourth-order valence-electron chi connectivity index (χ4n) is 3.24. The molecule has 23 heavy (non-hydrogen) atoms. The van der Waals surface area contributed by atoms with Gasteiger partial charge < -0.3 is 10.0 Å². The molecule has 120 valence electrons. The van der Waals surface area contributed by atoms with Crippen LogP contribution < -0.4 is 0 Å². The van der Waals surface area contributed by atoms with Gasteiger partial charge in [-0.15, -0.1) is 0 Å². The van der Waals surface area contributed by atoms with Gasteiger partial charge in [0.15, 0.2) is 0 Å². The molecule has 0 aromatic heterocycles. The zero-order valence-electron chi connectivity index (χ0n) is 12.9. The summed E-state index contributed by atoms with van der Waals surface area (Å²) in [6.45, 7) is 0.601. The highest BCUT2D eigenvalue weighted by atomic mass is 79.9. The topological polar surface area (TPSA) is 40.5 Å². The van der Waals surface area contributed by atoms with Crippen LogP contribution in [0.4, 0.5) is 0 Å². The van der Waals surface area contributed by atoms with Crippen molar-refractivity contribution >= 4 is 21.8 Å². The third kappa shape index (κ3) is 3.65. The highest BCUT2D eigenvalue weighted by molar-refractivity contribution is 9.10. The first kappa shape index (κ1) is 16.2. The maximum Gasteiger partial charge on any atom is 0.223 e. The lowest BCUT2D eigenvalue weighted by atomic mass is 9.89. The lowest BCUT2D eigenvalue weighted by molar-refractivity contribution is -0.137. The van der Waals surface area contributed by atoms with Crippen LogP contribution in [-0.2, 0) is 4.79 Å². The van der Waals surface area contributed by atoms with Crippen molar-refractivity contribution in [2.75, 3.05) is 13.2 Å². The van der Waals surface area contributed by atoms with Gasteiger partial charge in [0.05, 0.1) is 12.6 Å². The molecular formula is C19H20BrNO2. The van der Waals surface area contributed by atoms with Crippen LogP contribution in [0.1, 0.15) is 35.9 Å². The number of hydrogen-bond donors (Lipinski definition) is 1. The second-order valence-electron chi connectivity index (χ2n) is 5.94. The number of likely N-dealkylation sites (tertiary alicyclic amines) is 1. The van der Waals surface area contributed by atoms with Crippen LogP contribution in [-0.4, -0.2) is 29.1 Å². The second-order valence-corrected chi connectivity index (χ2v) is 6.86. The minimum atomic E-state index is -0.262. The van der Waals surface area contributed by atoms with Crippen molar-refractivity contribution in [3.05, 3.63) is 70.2 Å². The number of carbonyl (C=O) groups is 1. The summed E-state index contributed by atoms with van der Waals surface area (Å²) in [6, 6.07) is 17.8. The number of piperidine rings is 1. The van der Waals surface area contributed by atoms with E-state index in [1.54, 1.807) is 0 Å². The summed E-state index contributed by atoms with van der Waals surface area (Å²) in [6.07, 6.45) is 1.40. The lowest BCUT2D eigenvalue weighted by Crippen LogP contribution is -2.42. The molecule has 1 saturated heterocycles. The summed E-state index contributed by atoms with van der Waals surface area (Å²) in [4.78, 5) is 14.2. The van der Waals surface area contributed by atoms with Crippen LogP contribution in [0, 0.1) is 0 Å². The minimum Gasteiger partial charge on any atom is -0.394 e. The Kier molecular flexibility index (Phi) is 5.13. The van der Waals surface area contributed by atoms with E-state index in [-0.39, 0.29) is 18.6 Å². The zero-order valence-corrected chi connectivity index (χ0v) is 14.4. The van der Waals surface area contributed by atoms with Crippen molar-refractivity contribution in [1.82, 2.24) is 4.90 Å². The molecule has 2 aromatic rings. The first-order valence-electron chi connectivity index (χ1n) is 7.90. The van der Waals surface area contributed by atoms with Crippen LogP contribution in [0.25, 0.3) is 0 Å². The molecule has 1 aliphatic heterocycles. The summed E-state index contributed by atoms with van der Waals surface area (Å²) in [5.74, 6) is 0.444. The van der Waals surface area contributed by atoms with Crippen molar-refractivity contribution in [3.63, 3.8) is 0 Å². The first-order chi connectivity index (χ1) is 11.2. The average Bonchev–Trinajstić information content (AvgIpc) is 2.59. The molecule has 2 aromatic carbocycles. The molecule has 3 rings (SSSR count). The Hall–Kier alpha value is -1.65. The molecule has 0 spiro atoms. The van der Waals surface area contributed by atoms with Gasteiger partial charge >= 0.3 is 0 Å². The summed E-state index contributed by atoms with van der Waals surface area (Å²) < 4.78 is 1.06. The quantitative estimate of drug-likeness (QED) is 0.882. The Morgan fingerprint density at radius 3 is 2.48 bits per heavy atom. The summed E-state index contributed by atoms with van der Waals surface area (Å²) >= 11 is 3.46. The number of aliphatic hydroxyl groups excluding tert-OH is 1. The smallest absolute Gasteiger partial charge is 0.223 e. The molecule has 1 aliphatic rings. The van der Waals surface area contributed by atoms with Gasteiger partial charge in [-0.1, -0.05) is 58.4 Å². The van der Waals surface area contributed by atoms with Gasteiger partial charge in [0.2, 0.25) is 5.91 Å². The molecule has 0 bridgehead atoms. The average molecular weight is 374 g/mol. The van der Waals surface area contributed by atoms with E-state index in [1.807, 2.05) is 47.4 Å². The molecule has 0 aliphatic carbocycles. The number of hydrogen-bond acceptors (Lipinski definition) is 2. The van der Waals surface area contributed by atoms with Gasteiger partial charge in [-0.3, -0.25) is 4.79 Å². The number of benzene rings is 2. The molecule has 1 amide bonds. The molecule has 1 unspecified atom stereocenters. The predicted molar refractivity (Wildman–Crippen MR) is 94.1 cm³/mol. The van der Waals surface area contributed by atoms with Gasteiger partial charge in [-0.25, -0.2) is 0 Å². The Morgan fingerprint density at radius 1 is 1.13 bits per heavy atom. The standard InChI is InChI=1S/C19H20BrNO2/c20-17-9-6-14(7-10-17)16-8-11-19(23)21(12-16)18(13-22)15-4-2-1-3-5-15/h1-7,9-10,16,18,22H,8,11-13H2/t16?,18-/m1/s1. The number of rotatable bonds is 4. The number of halogens is 1. The van der Waals surface area contributed by atoms with Gasteiger partial charge in [-0.05, 0) is 29.7 Å². The van der Waals surface area contributed by atoms with E-state index in [4.69, 9.17) is 0 Å². The van der Waals surface area contributed by atoms with E-state index >= 15 is 0 Å². The molecule has 2 atom stereocenters. The molecule has 4 heteroatoms. The normalized spacial score (nSPS) is 19.7. The van der Waals surface area contributed by atoms with Gasteiger partial charge in [0.1, 0.15) is 0 Å². The van der Waals surface area contributed by atoms with Crippen LogP contribution in [0.5, 0.6) is 0 Å². The zero-order chi connectivity index (χ0) is 16.2. The third-order valence-corrected chi connectivity index (χ3v) is 5.05. The summed E-state index contributed by atoms with van der Waals surface area (Å²) in [7, 11) is 0. The van der Waals surface area contributed by atoms with E-state index in [0.29, 0.717) is 18.9 Å². The molecule has 1 fully saturated rings. The minimum absolute atomic E-state index is 0.0528. The summed E-state index contributed by atoms with van der Waals surface area (Å²) in [5.41, 5.74) is 2.23. The Morgan fingerprint density at radius 2 is 1.83 bits per heavy atom. The Labute approximate surface area is 145 Å². The van der Waals surface area contributed by atoms with Crippen molar-refractivity contribution in [1.29, 1.82) is 0 Å². The molecule has 0 radical (unpaired) electrons. The molecule has 0 saturated carbocycles. The van der Waals surface area contributed by atoms with Crippen LogP contribution in [0.3, 0.4) is 0 Å². The van der Waals surface area contributed by atoms with Crippen LogP contribution in [0.15, 0.2) is 59.1 Å². The van der Waals surface area contributed by atoms with Crippen molar-refractivity contribution in [2.24, 2.45) is 0 Å².